The number of aromatic nitrogens is 2. The second-order valence-corrected chi connectivity index (χ2v) is 4.09. The molecule has 3 nitrogen and oxygen atoms in total. The molecule has 0 amide bonds. The Bertz CT molecular complexity index is 491. The smallest absolute Gasteiger partial charge is 0.260 e. The Balaban J connectivity index is 2.35. The molecule has 0 bridgehead atoms. The molecule has 1 unspecified atom stereocenters. The average Bonchev–Trinajstić information content (AvgIpc) is 2.80. The van der Waals surface area contributed by atoms with Crippen molar-refractivity contribution >= 4 is 0 Å². The van der Waals surface area contributed by atoms with Crippen LogP contribution in [0.15, 0.2) is 42.7 Å². The zero-order valence-electron chi connectivity index (χ0n) is 9.35. The van der Waals surface area contributed by atoms with E-state index >= 15 is 0 Å². The van der Waals surface area contributed by atoms with Gasteiger partial charge in [-0.05, 0) is 19.1 Å². The van der Waals surface area contributed by atoms with Gasteiger partial charge < -0.3 is 5.73 Å². The van der Waals surface area contributed by atoms with Crippen LogP contribution >= 0.6 is 0 Å². The minimum atomic E-state index is -2.63. The van der Waals surface area contributed by atoms with Gasteiger partial charge in [-0.3, -0.25) is 0 Å². The molecule has 1 aromatic heterocycles. The SMILES string of the molecule is CC(N)(c1cnn(-c2ccccc2)c1)C(F)F. The van der Waals surface area contributed by atoms with Crippen molar-refractivity contribution in [2.45, 2.75) is 18.9 Å². The van der Waals surface area contributed by atoms with Crippen molar-refractivity contribution in [3.05, 3.63) is 48.3 Å². The van der Waals surface area contributed by atoms with Gasteiger partial charge in [0.05, 0.1) is 11.9 Å². The third kappa shape index (κ3) is 2.19. The fraction of sp³-hybridized carbons (Fsp3) is 0.250. The first-order valence-electron chi connectivity index (χ1n) is 5.19. The second-order valence-electron chi connectivity index (χ2n) is 4.09. The monoisotopic (exact) mass is 237 g/mol. The van der Waals surface area contributed by atoms with Gasteiger partial charge in [0.25, 0.3) is 6.43 Å². The van der Waals surface area contributed by atoms with Gasteiger partial charge in [-0.15, -0.1) is 0 Å². The Morgan fingerprint density at radius 2 is 1.94 bits per heavy atom. The van der Waals surface area contributed by atoms with E-state index in [4.69, 9.17) is 5.73 Å². The summed E-state index contributed by atoms with van der Waals surface area (Å²) in [6.07, 6.45) is 0.275. The normalized spacial score (nSPS) is 14.9. The lowest BCUT2D eigenvalue weighted by Gasteiger charge is -2.21. The highest BCUT2D eigenvalue weighted by Gasteiger charge is 2.33. The van der Waals surface area contributed by atoms with Crippen molar-refractivity contribution in [3.63, 3.8) is 0 Å². The molecule has 2 N–H and O–H groups in total. The molecule has 2 rings (SSSR count). The first kappa shape index (κ1) is 11.7. The topological polar surface area (TPSA) is 43.8 Å². The molecule has 1 heterocycles. The molecule has 0 aliphatic heterocycles. The quantitative estimate of drug-likeness (QED) is 0.890. The van der Waals surface area contributed by atoms with E-state index in [1.807, 2.05) is 30.3 Å². The maximum atomic E-state index is 12.7. The number of halogens is 2. The van der Waals surface area contributed by atoms with Crippen LogP contribution in [-0.4, -0.2) is 16.2 Å². The third-order valence-electron chi connectivity index (χ3n) is 2.68. The van der Waals surface area contributed by atoms with Crippen molar-refractivity contribution in [1.29, 1.82) is 0 Å². The van der Waals surface area contributed by atoms with Crippen LogP contribution in [0, 0.1) is 0 Å². The standard InChI is InChI=1S/C12H13F2N3/c1-12(15,11(13)14)9-7-16-17(8-9)10-5-3-2-4-6-10/h2-8,11H,15H2,1H3. The zero-order chi connectivity index (χ0) is 12.5. The fourth-order valence-corrected chi connectivity index (χ4v) is 1.45. The summed E-state index contributed by atoms with van der Waals surface area (Å²) in [5, 5.41) is 4.04. The van der Waals surface area contributed by atoms with Gasteiger partial charge in [0.1, 0.15) is 5.54 Å². The number of benzene rings is 1. The van der Waals surface area contributed by atoms with E-state index in [-0.39, 0.29) is 0 Å². The molecular weight excluding hydrogens is 224 g/mol. The Hall–Kier alpha value is -1.75. The predicted octanol–water partition coefficient (Wildman–Crippen LogP) is 2.31. The van der Waals surface area contributed by atoms with Crippen LogP contribution < -0.4 is 5.73 Å². The minimum absolute atomic E-state index is 0.316. The maximum absolute atomic E-state index is 12.7. The lowest BCUT2D eigenvalue weighted by atomic mass is 9.97. The van der Waals surface area contributed by atoms with Crippen LogP contribution in [0.4, 0.5) is 8.78 Å². The Labute approximate surface area is 97.9 Å². The number of hydrogen-bond acceptors (Lipinski definition) is 2. The molecule has 1 atom stereocenters. The molecule has 1 aromatic carbocycles. The van der Waals surface area contributed by atoms with Crippen LogP contribution in [0.2, 0.25) is 0 Å². The first-order valence-corrected chi connectivity index (χ1v) is 5.19. The Kier molecular flexibility index (Phi) is 2.93. The van der Waals surface area contributed by atoms with E-state index in [0.717, 1.165) is 5.69 Å². The first-order chi connectivity index (χ1) is 8.01. The van der Waals surface area contributed by atoms with Gasteiger partial charge in [-0.25, -0.2) is 13.5 Å². The molecule has 0 aliphatic carbocycles. The summed E-state index contributed by atoms with van der Waals surface area (Å²) in [6, 6.07) is 9.26. The van der Waals surface area contributed by atoms with E-state index in [1.165, 1.54) is 24.0 Å². The van der Waals surface area contributed by atoms with E-state index in [9.17, 15) is 8.78 Å². The third-order valence-corrected chi connectivity index (χ3v) is 2.68. The number of alkyl halides is 2. The molecular formula is C12H13F2N3. The van der Waals surface area contributed by atoms with Crippen molar-refractivity contribution in [2.75, 3.05) is 0 Å². The highest BCUT2D eigenvalue weighted by Crippen LogP contribution is 2.25. The summed E-state index contributed by atoms with van der Waals surface area (Å²) < 4.78 is 27.0. The number of para-hydroxylation sites is 1. The summed E-state index contributed by atoms with van der Waals surface area (Å²) in [4.78, 5) is 0. The molecule has 0 aliphatic rings. The molecule has 0 fully saturated rings. The van der Waals surface area contributed by atoms with Crippen LogP contribution in [0.5, 0.6) is 0 Å². The minimum Gasteiger partial charge on any atom is -0.317 e. The number of nitrogens with two attached hydrogens (primary N) is 1. The fourth-order valence-electron chi connectivity index (χ4n) is 1.45. The van der Waals surface area contributed by atoms with E-state index in [1.54, 1.807) is 0 Å². The molecule has 0 radical (unpaired) electrons. The van der Waals surface area contributed by atoms with Crippen molar-refractivity contribution < 1.29 is 8.78 Å². The van der Waals surface area contributed by atoms with Crippen molar-refractivity contribution in [2.24, 2.45) is 5.73 Å². The molecule has 90 valence electrons. The molecule has 0 saturated carbocycles. The average molecular weight is 237 g/mol. The van der Waals surface area contributed by atoms with Crippen molar-refractivity contribution in [3.8, 4) is 5.69 Å². The summed E-state index contributed by atoms with van der Waals surface area (Å²) in [5.74, 6) is 0. The zero-order valence-corrected chi connectivity index (χ0v) is 9.35. The maximum Gasteiger partial charge on any atom is 0.260 e. The van der Waals surface area contributed by atoms with Gasteiger partial charge in [-0.1, -0.05) is 18.2 Å². The van der Waals surface area contributed by atoms with Crippen LogP contribution in [0.25, 0.3) is 5.69 Å². The highest BCUT2D eigenvalue weighted by atomic mass is 19.3. The molecule has 17 heavy (non-hydrogen) atoms. The van der Waals surface area contributed by atoms with E-state index < -0.39 is 12.0 Å². The second kappa shape index (κ2) is 4.25. The van der Waals surface area contributed by atoms with Crippen molar-refractivity contribution in [1.82, 2.24) is 9.78 Å². The van der Waals surface area contributed by atoms with E-state index in [2.05, 4.69) is 5.10 Å². The molecule has 5 heteroatoms. The molecule has 0 spiro atoms. The summed E-state index contributed by atoms with van der Waals surface area (Å²) in [5.41, 5.74) is 5.02. The summed E-state index contributed by atoms with van der Waals surface area (Å²) in [6.45, 7) is 1.30. The number of rotatable bonds is 3. The molecule has 0 saturated heterocycles. The van der Waals surface area contributed by atoms with Crippen LogP contribution in [-0.2, 0) is 5.54 Å². The van der Waals surface area contributed by atoms with Crippen LogP contribution in [0.1, 0.15) is 12.5 Å². The number of nitrogens with zero attached hydrogens (tertiary/aromatic N) is 2. The van der Waals surface area contributed by atoms with E-state index in [0.29, 0.717) is 5.56 Å². The van der Waals surface area contributed by atoms with Gasteiger partial charge >= 0.3 is 0 Å². The van der Waals surface area contributed by atoms with Gasteiger partial charge in [0.15, 0.2) is 0 Å². The largest absolute Gasteiger partial charge is 0.317 e. The Morgan fingerprint density at radius 3 is 2.53 bits per heavy atom. The summed E-state index contributed by atoms with van der Waals surface area (Å²) >= 11 is 0. The lowest BCUT2D eigenvalue weighted by molar-refractivity contribution is 0.0625. The predicted molar refractivity (Wildman–Crippen MR) is 61.1 cm³/mol. The van der Waals surface area contributed by atoms with Gasteiger partial charge in [-0.2, -0.15) is 5.10 Å². The lowest BCUT2D eigenvalue weighted by Crippen LogP contribution is -2.40. The molecule has 2 aromatic rings. The Morgan fingerprint density at radius 1 is 1.29 bits per heavy atom. The summed E-state index contributed by atoms with van der Waals surface area (Å²) in [7, 11) is 0. The highest BCUT2D eigenvalue weighted by molar-refractivity contribution is 5.32. The van der Waals surface area contributed by atoms with Gasteiger partial charge in [0.2, 0.25) is 0 Å². The van der Waals surface area contributed by atoms with Crippen LogP contribution in [0.3, 0.4) is 0 Å². The number of hydrogen-bond donors (Lipinski definition) is 1. The van der Waals surface area contributed by atoms with Gasteiger partial charge in [0, 0.05) is 11.8 Å².